The third-order valence-electron chi connectivity index (χ3n) is 3.24. The highest BCUT2D eigenvalue weighted by atomic mass is 32.1. The van der Waals surface area contributed by atoms with E-state index in [2.05, 4.69) is 9.88 Å². The molecule has 0 aliphatic carbocycles. The first-order valence-corrected chi connectivity index (χ1v) is 7.09. The van der Waals surface area contributed by atoms with Gasteiger partial charge in [-0.05, 0) is 6.92 Å². The first-order valence-electron chi connectivity index (χ1n) is 6.21. The fourth-order valence-corrected chi connectivity index (χ4v) is 2.85. The number of amides is 1. The maximum Gasteiger partial charge on any atom is 0.304 e. The Morgan fingerprint density at radius 2 is 2.05 bits per heavy atom. The van der Waals surface area contributed by atoms with Gasteiger partial charge in [-0.25, -0.2) is 4.98 Å². The molecular weight excluding hydrogens is 266 g/mol. The number of aliphatic carboxylic acids is 1. The molecule has 0 unspecified atom stereocenters. The quantitative estimate of drug-likeness (QED) is 0.880. The zero-order valence-corrected chi connectivity index (χ0v) is 11.7. The number of rotatable bonds is 4. The summed E-state index contributed by atoms with van der Waals surface area (Å²) in [4.78, 5) is 31.4. The minimum atomic E-state index is -0.779. The van der Waals surface area contributed by atoms with Crippen LogP contribution in [-0.2, 0) is 4.79 Å². The number of hydrogen-bond acceptors (Lipinski definition) is 5. The zero-order chi connectivity index (χ0) is 13.8. The van der Waals surface area contributed by atoms with Crippen LogP contribution in [0, 0.1) is 6.92 Å². The highest BCUT2D eigenvalue weighted by Crippen LogP contribution is 2.16. The fourth-order valence-electron chi connectivity index (χ4n) is 2.08. The maximum absolute atomic E-state index is 12.2. The van der Waals surface area contributed by atoms with Crippen LogP contribution in [-0.4, -0.2) is 64.5 Å². The lowest BCUT2D eigenvalue weighted by atomic mass is 10.2. The van der Waals surface area contributed by atoms with Crippen molar-refractivity contribution in [1.82, 2.24) is 14.8 Å². The van der Waals surface area contributed by atoms with E-state index in [9.17, 15) is 9.59 Å². The number of aromatic nitrogens is 1. The van der Waals surface area contributed by atoms with E-state index in [0.717, 1.165) is 18.8 Å². The monoisotopic (exact) mass is 283 g/mol. The predicted octanol–water partition coefficient (Wildman–Crippen LogP) is 0.684. The first kappa shape index (κ1) is 14.0. The van der Waals surface area contributed by atoms with Crippen LogP contribution in [0.3, 0.4) is 0 Å². The van der Waals surface area contributed by atoms with Crippen molar-refractivity contribution in [3.63, 3.8) is 0 Å². The van der Waals surface area contributed by atoms with Gasteiger partial charge in [0, 0.05) is 32.7 Å². The van der Waals surface area contributed by atoms with Gasteiger partial charge >= 0.3 is 5.97 Å². The molecule has 104 valence electrons. The van der Waals surface area contributed by atoms with Gasteiger partial charge in [0.05, 0.1) is 17.6 Å². The Hall–Kier alpha value is -1.47. The summed E-state index contributed by atoms with van der Waals surface area (Å²) in [5.74, 6) is -0.739. The van der Waals surface area contributed by atoms with E-state index in [1.54, 1.807) is 5.51 Å². The molecule has 0 saturated carbocycles. The Balaban J connectivity index is 1.85. The van der Waals surface area contributed by atoms with Crippen molar-refractivity contribution in [2.24, 2.45) is 0 Å². The Morgan fingerprint density at radius 3 is 2.58 bits per heavy atom. The van der Waals surface area contributed by atoms with E-state index in [0.29, 0.717) is 24.5 Å². The fraction of sp³-hybridized carbons (Fsp3) is 0.583. The van der Waals surface area contributed by atoms with Crippen molar-refractivity contribution in [2.45, 2.75) is 13.3 Å². The van der Waals surface area contributed by atoms with Gasteiger partial charge in [0.2, 0.25) is 0 Å². The van der Waals surface area contributed by atoms with E-state index in [-0.39, 0.29) is 12.3 Å². The van der Waals surface area contributed by atoms with E-state index >= 15 is 0 Å². The lowest BCUT2D eigenvalue weighted by Gasteiger charge is -2.34. The number of piperazine rings is 1. The van der Waals surface area contributed by atoms with E-state index in [1.807, 2.05) is 11.8 Å². The number of carbonyl (C=O) groups excluding carboxylic acids is 1. The topological polar surface area (TPSA) is 73.7 Å². The average Bonchev–Trinajstić information content (AvgIpc) is 2.82. The van der Waals surface area contributed by atoms with E-state index in [1.165, 1.54) is 11.3 Å². The summed E-state index contributed by atoms with van der Waals surface area (Å²) < 4.78 is 0. The molecule has 1 amide bonds. The molecule has 1 fully saturated rings. The third kappa shape index (κ3) is 3.51. The third-order valence-corrected chi connectivity index (χ3v) is 4.16. The summed E-state index contributed by atoms with van der Waals surface area (Å²) in [5, 5.41) is 8.64. The van der Waals surface area contributed by atoms with Crippen LogP contribution in [0.25, 0.3) is 0 Å². The van der Waals surface area contributed by atoms with E-state index in [4.69, 9.17) is 5.11 Å². The van der Waals surface area contributed by atoms with Gasteiger partial charge in [-0.15, -0.1) is 11.3 Å². The molecule has 1 saturated heterocycles. The Bertz CT molecular complexity index is 467. The van der Waals surface area contributed by atoms with Crippen LogP contribution < -0.4 is 0 Å². The zero-order valence-electron chi connectivity index (χ0n) is 10.8. The van der Waals surface area contributed by atoms with Crippen LogP contribution in [0.1, 0.15) is 21.8 Å². The summed E-state index contributed by atoms with van der Waals surface area (Å²) >= 11 is 1.37. The Morgan fingerprint density at radius 1 is 1.37 bits per heavy atom. The average molecular weight is 283 g/mol. The van der Waals surface area contributed by atoms with Gasteiger partial charge in [0.1, 0.15) is 4.88 Å². The lowest BCUT2D eigenvalue weighted by molar-refractivity contribution is -0.137. The minimum Gasteiger partial charge on any atom is -0.481 e. The number of thiazole rings is 1. The van der Waals surface area contributed by atoms with Crippen molar-refractivity contribution in [1.29, 1.82) is 0 Å². The molecular formula is C12H17N3O3S. The van der Waals surface area contributed by atoms with Gasteiger partial charge in [-0.3, -0.25) is 14.5 Å². The van der Waals surface area contributed by atoms with Crippen molar-refractivity contribution >= 4 is 23.2 Å². The summed E-state index contributed by atoms with van der Waals surface area (Å²) in [6.07, 6.45) is 0.155. The van der Waals surface area contributed by atoms with Crippen molar-refractivity contribution in [3.05, 3.63) is 16.1 Å². The number of carbonyl (C=O) groups is 2. The van der Waals surface area contributed by atoms with Crippen LogP contribution in [0.2, 0.25) is 0 Å². The van der Waals surface area contributed by atoms with Gasteiger partial charge in [-0.2, -0.15) is 0 Å². The minimum absolute atomic E-state index is 0.0397. The molecule has 0 radical (unpaired) electrons. The molecule has 0 aromatic carbocycles. The molecule has 0 atom stereocenters. The van der Waals surface area contributed by atoms with Gasteiger partial charge < -0.3 is 10.0 Å². The molecule has 0 spiro atoms. The van der Waals surface area contributed by atoms with Gasteiger partial charge in [0.25, 0.3) is 5.91 Å². The van der Waals surface area contributed by atoms with E-state index < -0.39 is 5.97 Å². The highest BCUT2D eigenvalue weighted by molar-refractivity contribution is 7.11. The molecule has 1 aromatic rings. The molecule has 19 heavy (non-hydrogen) atoms. The Kier molecular flexibility index (Phi) is 4.49. The van der Waals surface area contributed by atoms with Crippen molar-refractivity contribution in [3.8, 4) is 0 Å². The van der Waals surface area contributed by atoms with Crippen molar-refractivity contribution < 1.29 is 14.7 Å². The SMILES string of the molecule is Cc1ncsc1C(=O)N1CCN(CCC(=O)O)CC1. The maximum atomic E-state index is 12.2. The number of aryl methyl sites for hydroxylation is 1. The summed E-state index contributed by atoms with van der Waals surface area (Å²) in [6, 6.07) is 0. The van der Waals surface area contributed by atoms with Crippen molar-refractivity contribution in [2.75, 3.05) is 32.7 Å². The number of carboxylic acids is 1. The lowest BCUT2D eigenvalue weighted by Crippen LogP contribution is -2.49. The number of hydrogen-bond donors (Lipinski definition) is 1. The largest absolute Gasteiger partial charge is 0.481 e. The smallest absolute Gasteiger partial charge is 0.304 e. The molecule has 1 aromatic heterocycles. The first-order chi connectivity index (χ1) is 9.08. The normalized spacial score (nSPS) is 16.6. The summed E-state index contributed by atoms with van der Waals surface area (Å²) in [7, 11) is 0. The second kappa shape index (κ2) is 6.12. The van der Waals surface area contributed by atoms with Gasteiger partial charge in [0.15, 0.2) is 0 Å². The highest BCUT2D eigenvalue weighted by Gasteiger charge is 2.24. The molecule has 6 nitrogen and oxygen atoms in total. The van der Waals surface area contributed by atoms with Crippen LogP contribution in [0.4, 0.5) is 0 Å². The second-order valence-electron chi connectivity index (χ2n) is 4.54. The van der Waals surface area contributed by atoms with Crippen LogP contribution in [0.15, 0.2) is 5.51 Å². The number of nitrogens with zero attached hydrogens (tertiary/aromatic N) is 3. The second-order valence-corrected chi connectivity index (χ2v) is 5.40. The van der Waals surface area contributed by atoms with Gasteiger partial charge in [-0.1, -0.05) is 0 Å². The summed E-state index contributed by atoms with van der Waals surface area (Å²) in [6.45, 7) is 5.16. The van der Waals surface area contributed by atoms with Crippen LogP contribution in [0.5, 0.6) is 0 Å². The van der Waals surface area contributed by atoms with Crippen LogP contribution >= 0.6 is 11.3 Å². The molecule has 2 heterocycles. The molecule has 7 heteroatoms. The Labute approximate surface area is 115 Å². The molecule has 0 bridgehead atoms. The predicted molar refractivity (Wildman–Crippen MR) is 71.4 cm³/mol. The molecule has 1 N–H and O–H groups in total. The summed E-state index contributed by atoms with van der Waals surface area (Å²) in [5.41, 5.74) is 2.47. The number of carboxylic acid groups (broad SMARTS) is 1. The molecule has 1 aliphatic rings. The molecule has 1 aliphatic heterocycles. The molecule has 2 rings (SSSR count). The standard InChI is InChI=1S/C12H17N3O3S/c1-9-11(19-8-13-9)12(18)15-6-4-14(5-7-15)3-2-10(16)17/h8H,2-7H2,1H3,(H,16,17).